The fourth-order valence-corrected chi connectivity index (χ4v) is 4.57. The summed E-state index contributed by atoms with van der Waals surface area (Å²) in [6.45, 7) is 4.28. The Kier molecular flexibility index (Phi) is 5.00. The van der Waals surface area contributed by atoms with Gasteiger partial charge in [-0.1, -0.05) is 49.6 Å². The molecule has 0 unspecified atom stereocenters. The summed E-state index contributed by atoms with van der Waals surface area (Å²) < 4.78 is 1.36. The number of likely N-dealkylation sites (tertiary alicyclic amines) is 1. The van der Waals surface area contributed by atoms with Gasteiger partial charge in [-0.2, -0.15) is 0 Å². The zero-order valence-corrected chi connectivity index (χ0v) is 13.8. The van der Waals surface area contributed by atoms with E-state index in [0.29, 0.717) is 0 Å². The molecule has 0 radical (unpaired) electrons. The minimum Gasteiger partial charge on any atom is -0.326 e. The van der Waals surface area contributed by atoms with Crippen molar-refractivity contribution in [3.05, 3.63) is 35.9 Å². The highest BCUT2D eigenvalue weighted by atomic mass is 15.3. The highest BCUT2D eigenvalue weighted by molar-refractivity contribution is 5.15. The predicted octanol–water partition coefficient (Wildman–Crippen LogP) is 4.67. The molecule has 1 saturated heterocycles. The second-order valence-electron chi connectivity index (χ2n) is 7.89. The Hall–Kier alpha value is -0.820. The first kappa shape index (κ1) is 15.1. The lowest BCUT2D eigenvalue weighted by Gasteiger charge is -2.43. The second kappa shape index (κ2) is 6.96. The molecule has 1 heteroatoms. The van der Waals surface area contributed by atoms with E-state index in [-0.39, 0.29) is 0 Å². The van der Waals surface area contributed by atoms with Crippen LogP contribution >= 0.6 is 0 Å². The monoisotopic (exact) mass is 286 g/mol. The van der Waals surface area contributed by atoms with Gasteiger partial charge in [-0.25, -0.2) is 0 Å². The van der Waals surface area contributed by atoms with Crippen LogP contribution < -0.4 is 0 Å². The number of benzene rings is 1. The van der Waals surface area contributed by atoms with Gasteiger partial charge in [0.15, 0.2) is 0 Å². The van der Waals surface area contributed by atoms with Crippen molar-refractivity contribution in [2.75, 3.05) is 26.7 Å². The van der Waals surface area contributed by atoms with E-state index < -0.39 is 0 Å². The molecule has 1 aromatic carbocycles. The Morgan fingerprint density at radius 1 is 0.857 bits per heavy atom. The summed E-state index contributed by atoms with van der Waals surface area (Å²) >= 11 is 0. The third-order valence-corrected chi connectivity index (χ3v) is 5.95. The molecule has 1 aromatic rings. The van der Waals surface area contributed by atoms with E-state index in [4.69, 9.17) is 0 Å². The van der Waals surface area contributed by atoms with Crippen molar-refractivity contribution in [3.63, 3.8) is 0 Å². The van der Waals surface area contributed by atoms with Crippen LogP contribution in [0.1, 0.15) is 50.5 Å². The fourth-order valence-electron chi connectivity index (χ4n) is 4.57. The third kappa shape index (κ3) is 4.32. The molecule has 0 spiro atoms. The van der Waals surface area contributed by atoms with Gasteiger partial charge in [0, 0.05) is 5.92 Å². The molecule has 0 amide bonds. The first-order chi connectivity index (χ1) is 10.2. The van der Waals surface area contributed by atoms with Crippen molar-refractivity contribution < 1.29 is 4.48 Å². The maximum absolute atomic E-state index is 2.52. The highest BCUT2D eigenvalue weighted by Gasteiger charge is 2.32. The van der Waals surface area contributed by atoms with Crippen LogP contribution in [0.5, 0.6) is 0 Å². The van der Waals surface area contributed by atoms with Crippen LogP contribution in [0, 0.1) is 11.8 Å². The van der Waals surface area contributed by atoms with E-state index in [1.165, 1.54) is 81.0 Å². The number of hydrogen-bond donors (Lipinski definition) is 0. The third-order valence-electron chi connectivity index (χ3n) is 5.95. The molecule has 2 aliphatic rings. The predicted molar refractivity (Wildman–Crippen MR) is 90.2 cm³/mol. The molecular formula is C20H32N+. The van der Waals surface area contributed by atoms with Crippen LogP contribution in [-0.2, 0) is 6.42 Å². The molecular weight excluding hydrogens is 254 g/mol. The molecule has 1 aliphatic heterocycles. The molecule has 116 valence electrons. The summed E-state index contributed by atoms with van der Waals surface area (Å²) in [7, 11) is 2.52. The lowest BCUT2D eigenvalue weighted by molar-refractivity contribution is -0.918. The minimum absolute atomic E-state index is 0.921. The van der Waals surface area contributed by atoms with Gasteiger partial charge in [0.2, 0.25) is 0 Å². The Balaban J connectivity index is 1.47. The van der Waals surface area contributed by atoms with Gasteiger partial charge >= 0.3 is 0 Å². The standard InChI is InChI=1S/C20H32N/c1-21(17-20-10-6-3-7-11-20)14-12-19(13-15-21)16-18-8-4-2-5-9-18/h2,4-5,8-9,19-20H,3,6-7,10-17H2,1H3/q+1. The molecule has 1 saturated carbocycles. The first-order valence-electron chi connectivity index (χ1n) is 9.11. The molecule has 1 aliphatic carbocycles. The van der Waals surface area contributed by atoms with E-state index in [1.54, 1.807) is 0 Å². The SMILES string of the molecule is C[N+]1(CC2CCCCC2)CCC(Cc2ccccc2)CC1. The van der Waals surface area contributed by atoms with Gasteiger partial charge in [0.1, 0.15) is 0 Å². The smallest absolute Gasteiger partial charge is 0.0813 e. The molecule has 1 heterocycles. The Morgan fingerprint density at radius 3 is 2.19 bits per heavy atom. The average Bonchev–Trinajstić information content (AvgIpc) is 2.52. The first-order valence-corrected chi connectivity index (χ1v) is 9.11. The van der Waals surface area contributed by atoms with Crippen LogP contribution in [-0.4, -0.2) is 31.2 Å². The zero-order chi connectivity index (χ0) is 14.5. The lowest BCUT2D eigenvalue weighted by Crippen LogP contribution is -2.52. The Morgan fingerprint density at radius 2 is 1.52 bits per heavy atom. The van der Waals surface area contributed by atoms with Crippen LogP contribution in [0.15, 0.2) is 30.3 Å². The van der Waals surface area contributed by atoms with Crippen molar-refractivity contribution in [3.8, 4) is 0 Å². The van der Waals surface area contributed by atoms with Crippen LogP contribution in [0.4, 0.5) is 0 Å². The number of piperidine rings is 1. The molecule has 1 nitrogen and oxygen atoms in total. The van der Waals surface area contributed by atoms with E-state index in [0.717, 1.165) is 11.8 Å². The molecule has 0 bridgehead atoms. The van der Waals surface area contributed by atoms with Crippen molar-refractivity contribution >= 4 is 0 Å². The van der Waals surface area contributed by atoms with Gasteiger partial charge in [0.25, 0.3) is 0 Å². The van der Waals surface area contributed by atoms with Crippen molar-refractivity contribution in [1.29, 1.82) is 0 Å². The van der Waals surface area contributed by atoms with Crippen molar-refractivity contribution in [1.82, 2.24) is 0 Å². The molecule has 3 rings (SSSR count). The van der Waals surface area contributed by atoms with Gasteiger partial charge in [-0.3, -0.25) is 0 Å². The summed E-state index contributed by atoms with van der Waals surface area (Å²) in [4.78, 5) is 0. The zero-order valence-electron chi connectivity index (χ0n) is 13.8. The average molecular weight is 286 g/mol. The maximum Gasteiger partial charge on any atom is 0.0813 e. The summed E-state index contributed by atoms with van der Waals surface area (Å²) in [5.41, 5.74) is 1.53. The van der Waals surface area contributed by atoms with E-state index in [1.807, 2.05) is 0 Å². The number of hydrogen-bond acceptors (Lipinski definition) is 0. The van der Waals surface area contributed by atoms with Gasteiger partial charge in [0.05, 0.1) is 26.7 Å². The van der Waals surface area contributed by atoms with Crippen LogP contribution in [0.3, 0.4) is 0 Å². The van der Waals surface area contributed by atoms with Crippen LogP contribution in [0.2, 0.25) is 0 Å². The highest BCUT2D eigenvalue weighted by Crippen LogP contribution is 2.30. The maximum atomic E-state index is 2.52. The van der Waals surface area contributed by atoms with Crippen LogP contribution in [0.25, 0.3) is 0 Å². The quantitative estimate of drug-likeness (QED) is 0.706. The number of rotatable bonds is 4. The lowest BCUT2D eigenvalue weighted by atomic mass is 9.85. The topological polar surface area (TPSA) is 0 Å². The summed E-state index contributed by atoms with van der Waals surface area (Å²) in [6, 6.07) is 11.1. The molecule has 2 fully saturated rings. The number of quaternary nitrogens is 1. The summed E-state index contributed by atoms with van der Waals surface area (Å²) in [6.07, 6.45) is 11.6. The fraction of sp³-hybridized carbons (Fsp3) is 0.700. The van der Waals surface area contributed by atoms with Crippen molar-refractivity contribution in [2.45, 2.75) is 51.4 Å². The number of nitrogens with zero attached hydrogens (tertiary/aromatic N) is 1. The minimum atomic E-state index is 0.921. The molecule has 0 N–H and O–H groups in total. The summed E-state index contributed by atoms with van der Waals surface area (Å²) in [5.74, 6) is 1.94. The Labute approximate surface area is 130 Å². The van der Waals surface area contributed by atoms with Gasteiger partial charge in [-0.15, -0.1) is 0 Å². The van der Waals surface area contributed by atoms with Crippen molar-refractivity contribution in [2.24, 2.45) is 11.8 Å². The Bertz CT molecular complexity index is 411. The van der Waals surface area contributed by atoms with Gasteiger partial charge in [-0.05, 0) is 43.6 Å². The summed E-state index contributed by atoms with van der Waals surface area (Å²) in [5, 5.41) is 0. The molecule has 0 aromatic heterocycles. The van der Waals surface area contributed by atoms with E-state index in [9.17, 15) is 0 Å². The van der Waals surface area contributed by atoms with E-state index in [2.05, 4.69) is 37.4 Å². The van der Waals surface area contributed by atoms with E-state index >= 15 is 0 Å². The largest absolute Gasteiger partial charge is 0.326 e. The molecule has 0 atom stereocenters. The molecule has 21 heavy (non-hydrogen) atoms. The second-order valence-corrected chi connectivity index (χ2v) is 7.89. The van der Waals surface area contributed by atoms with Gasteiger partial charge < -0.3 is 4.48 Å². The normalized spacial score (nSPS) is 31.2.